The van der Waals surface area contributed by atoms with Crippen molar-refractivity contribution in [3.63, 3.8) is 0 Å². The molecule has 22 heavy (non-hydrogen) atoms. The predicted octanol–water partition coefficient (Wildman–Crippen LogP) is 4.01. The molecule has 0 heterocycles. The first kappa shape index (κ1) is 16.4. The fourth-order valence-corrected chi connectivity index (χ4v) is 2.88. The van der Waals surface area contributed by atoms with E-state index in [-0.39, 0.29) is 17.5 Å². The monoisotopic (exact) mass is 304 g/mol. The number of ether oxygens (including phenoxy) is 1. The normalized spacial score (nSPS) is 16.0. The average molecular weight is 304 g/mol. The summed E-state index contributed by atoms with van der Waals surface area (Å²) in [5.74, 6) is 0.0459. The van der Waals surface area contributed by atoms with E-state index in [1.54, 1.807) is 12.1 Å². The fourth-order valence-electron chi connectivity index (χ4n) is 2.88. The Morgan fingerprint density at radius 3 is 2.68 bits per heavy atom. The van der Waals surface area contributed by atoms with E-state index in [9.17, 15) is 15.0 Å². The molecule has 1 aromatic rings. The topological polar surface area (TPSA) is 66.8 Å². The van der Waals surface area contributed by atoms with E-state index in [0.29, 0.717) is 12.2 Å². The van der Waals surface area contributed by atoms with Crippen LogP contribution in [0, 0.1) is 5.92 Å². The maximum atomic E-state index is 11.6. The molecule has 4 heteroatoms. The zero-order valence-electron chi connectivity index (χ0n) is 12.8. The molecule has 0 saturated heterocycles. The van der Waals surface area contributed by atoms with E-state index in [0.717, 1.165) is 18.8 Å². The summed E-state index contributed by atoms with van der Waals surface area (Å²) in [6.45, 7) is 0.459. The van der Waals surface area contributed by atoms with Gasteiger partial charge in [-0.1, -0.05) is 38.2 Å². The Balaban J connectivity index is 1.66. The summed E-state index contributed by atoms with van der Waals surface area (Å²) >= 11 is 0. The lowest BCUT2D eigenvalue weighted by molar-refractivity contribution is -0.137. The van der Waals surface area contributed by atoms with Gasteiger partial charge in [0.05, 0.1) is 6.61 Å². The lowest BCUT2D eigenvalue weighted by atomic mass is 9.86. The van der Waals surface area contributed by atoms with Gasteiger partial charge < -0.3 is 14.9 Å². The zero-order chi connectivity index (χ0) is 15.8. The molecule has 0 aromatic heterocycles. The summed E-state index contributed by atoms with van der Waals surface area (Å²) < 4.78 is 5.17. The van der Waals surface area contributed by atoms with Gasteiger partial charge in [-0.15, -0.1) is 0 Å². The number of benzene rings is 1. The summed E-state index contributed by atoms with van der Waals surface area (Å²) in [5.41, 5.74) is 0.634. The molecule has 1 fully saturated rings. The van der Waals surface area contributed by atoms with Crippen LogP contribution in [0.4, 0.5) is 0 Å². The van der Waals surface area contributed by atoms with Crippen LogP contribution < -0.4 is 0 Å². The van der Waals surface area contributed by atoms with Crippen LogP contribution in [0.1, 0.15) is 50.5 Å². The van der Waals surface area contributed by atoms with Gasteiger partial charge in [-0.2, -0.15) is 0 Å². The first-order chi connectivity index (χ1) is 10.6. The molecule has 0 atom stereocenters. The second-order valence-electron chi connectivity index (χ2n) is 5.90. The number of phenolic OH excluding ortho intramolecular Hbond substituents is 2. The van der Waals surface area contributed by atoms with Gasteiger partial charge in [-0.05, 0) is 42.5 Å². The Labute approximate surface area is 131 Å². The smallest absolute Gasteiger partial charge is 0.330 e. The van der Waals surface area contributed by atoms with Crippen molar-refractivity contribution in [2.24, 2.45) is 5.92 Å². The standard InChI is InChI=1S/C18H24O4/c19-16-10-8-15(13-17(16)20)9-11-18(21)22-12-4-7-14-5-2-1-3-6-14/h8-11,13-14,19-20H,1-7,12H2. The van der Waals surface area contributed by atoms with Gasteiger partial charge >= 0.3 is 5.97 Å². The second kappa shape index (κ2) is 8.47. The van der Waals surface area contributed by atoms with Crippen LogP contribution in [-0.4, -0.2) is 22.8 Å². The Morgan fingerprint density at radius 1 is 1.18 bits per heavy atom. The highest BCUT2D eigenvalue weighted by atomic mass is 16.5. The van der Waals surface area contributed by atoms with E-state index in [1.807, 2.05) is 0 Å². The maximum absolute atomic E-state index is 11.6. The van der Waals surface area contributed by atoms with Crippen LogP contribution in [0.3, 0.4) is 0 Å². The van der Waals surface area contributed by atoms with Crippen LogP contribution >= 0.6 is 0 Å². The fraction of sp³-hybridized carbons (Fsp3) is 0.500. The Bertz CT molecular complexity index is 516. The molecular weight excluding hydrogens is 280 g/mol. The van der Waals surface area contributed by atoms with E-state index in [4.69, 9.17) is 4.74 Å². The van der Waals surface area contributed by atoms with Gasteiger partial charge in [0.25, 0.3) is 0 Å². The molecule has 0 unspecified atom stereocenters. The lowest BCUT2D eigenvalue weighted by Gasteiger charge is -2.21. The van der Waals surface area contributed by atoms with Crippen molar-refractivity contribution >= 4 is 12.0 Å². The van der Waals surface area contributed by atoms with E-state index in [2.05, 4.69) is 0 Å². The third-order valence-electron chi connectivity index (χ3n) is 4.14. The van der Waals surface area contributed by atoms with Crippen molar-refractivity contribution in [1.29, 1.82) is 0 Å². The largest absolute Gasteiger partial charge is 0.504 e. The number of hydrogen-bond acceptors (Lipinski definition) is 4. The molecule has 4 nitrogen and oxygen atoms in total. The average Bonchev–Trinajstić information content (AvgIpc) is 2.54. The first-order valence-corrected chi connectivity index (χ1v) is 8.02. The quantitative estimate of drug-likeness (QED) is 0.360. The van der Waals surface area contributed by atoms with Crippen molar-refractivity contribution in [3.05, 3.63) is 29.8 Å². The van der Waals surface area contributed by atoms with Crippen molar-refractivity contribution < 1.29 is 19.7 Å². The third-order valence-corrected chi connectivity index (χ3v) is 4.14. The van der Waals surface area contributed by atoms with E-state index < -0.39 is 0 Å². The highest BCUT2D eigenvalue weighted by Gasteiger charge is 2.12. The molecule has 2 N–H and O–H groups in total. The van der Waals surface area contributed by atoms with Crippen molar-refractivity contribution in [3.8, 4) is 11.5 Å². The van der Waals surface area contributed by atoms with Gasteiger partial charge in [-0.25, -0.2) is 4.79 Å². The molecule has 120 valence electrons. The molecule has 0 radical (unpaired) electrons. The Morgan fingerprint density at radius 2 is 1.95 bits per heavy atom. The van der Waals surface area contributed by atoms with Gasteiger partial charge in [0, 0.05) is 6.08 Å². The predicted molar refractivity (Wildman–Crippen MR) is 85.6 cm³/mol. The lowest BCUT2D eigenvalue weighted by Crippen LogP contribution is -2.08. The summed E-state index contributed by atoms with van der Waals surface area (Å²) in [6, 6.07) is 4.38. The highest BCUT2D eigenvalue weighted by Crippen LogP contribution is 2.27. The molecule has 0 aliphatic heterocycles. The maximum Gasteiger partial charge on any atom is 0.330 e. The number of esters is 1. The van der Waals surface area contributed by atoms with Crippen molar-refractivity contribution in [2.45, 2.75) is 44.9 Å². The summed E-state index contributed by atoms with van der Waals surface area (Å²) in [4.78, 5) is 11.6. The van der Waals surface area contributed by atoms with Crippen LogP contribution in [0.25, 0.3) is 6.08 Å². The summed E-state index contributed by atoms with van der Waals surface area (Å²) in [7, 11) is 0. The van der Waals surface area contributed by atoms with E-state index in [1.165, 1.54) is 50.3 Å². The number of aromatic hydroxyl groups is 2. The number of carbonyl (C=O) groups is 1. The highest BCUT2D eigenvalue weighted by molar-refractivity contribution is 5.87. The minimum Gasteiger partial charge on any atom is -0.504 e. The minimum atomic E-state index is -0.379. The summed E-state index contributed by atoms with van der Waals surface area (Å²) in [6.07, 6.45) is 11.6. The second-order valence-corrected chi connectivity index (χ2v) is 5.90. The Hall–Kier alpha value is -1.97. The number of carbonyl (C=O) groups excluding carboxylic acids is 1. The van der Waals surface area contributed by atoms with Crippen molar-refractivity contribution in [2.75, 3.05) is 6.61 Å². The first-order valence-electron chi connectivity index (χ1n) is 8.02. The molecule has 2 rings (SSSR count). The minimum absolute atomic E-state index is 0.178. The zero-order valence-corrected chi connectivity index (χ0v) is 12.8. The SMILES string of the molecule is O=C(C=Cc1ccc(O)c(O)c1)OCCCC1CCCCC1. The molecule has 1 saturated carbocycles. The van der Waals surface area contributed by atoms with Gasteiger partial charge in [-0.3, -0.25) is 0 Å². The summed E-state index contributed by atoms with van der Waals surface area (Å²) in [5, 5.41) is 18.6. The van der Waals surface area contributed by atoms with Crippen LogP contribution in [-0.2, 0) is 9.53 Å². The van der Waals surface area contributed by atoms with Gasteiger partial charge in [0.1, 0.15) is 0 Å². The van der Waals surface area contributed by atoms with Crippen LogP contribution in [0.5, 0.6) is 11.5 Å². The number of rotatable bonds is 6. The number of hydrogen-bond donors (Lipinski definition) is 2. The molecule has 1 aliphatic carbocycles. The number of phenols is 2. The molecular formula is C18H24O4. The van der Waals surface area contributed by atoms with Crippen molar-refractivity contribution in [1.82, 2.24) is 0 Å². The molecule has 1 aliphatic rings. The van der Waals surface area contributed by atoms with Crippen LogP contribution in [0.2, 0.25) is 0 Å². The molecule has 0 spiro atoms. The molecule has 0 amide bonds. The van der Waals surface area contributed by atoms with Gasteiger partial charge in [0.2, 0.25) is 0 Å². The van der Waals surface area contributed by atoms with E-state index >= 15 is 0 Å². The van der Waals surface area contributed by atoms with Gasteiger partial charge in [0.15, 0.2) is 11.5 Å². The molecule has 1 aromatic carbocycles. The van der Waals surface area contributed by atoms with Crippen LogP contribution in [0.15, 0.2) is 24.3 Å². The third kappa shape index (κ3) is 5.43. The molecule has 0 bridgehead atoms. The Kier molecular flexibility index (Phi) is 6.31.